The van der Waals surface area contributed by atoms with E-state index in [1.165, 1.54) is 23.1 Å². The molecule has 3 rings (SSSR count). The van der Waals surface area contributed by atoms with E-state index in [0.29, 0.717) is 21.9 Å². The van der Waals surface area contributed by atoms with Crippen LogP contribution in [0.25, 0.3) is 0 Å². The molecule has 1 atom stereocenters. The second-order valence-electron chi connectivity index (χ2n) is 5.43. The lowest BCUT2D eigenvalue weighted by atomic mass is 10.0. The first-order chi connectivity index (χ1) is 10.9. The number of carbonyl (C=O) groups excluding carboxylic acids is 2. The van der Waals surface area contributed by atoms with Crippen LogP contribution in [0.3, 0.4) is 0 Å². The van der Waals surface area contributed by atoms with Crippen molar-refractivity contribution in [1.29, 1.82) is 0 Å². The summed E-state index contributed by atoms with van der Waals surface area (Å²) < 4.78 is 12.8. The fourth-order valence-electron chi connectivity index (χ4n) is 2.23. The second-order valence-corrected chi connectivity index (χ2v) is 7.37. The Kier molecular flexibility index (Phi) is 4.27. The van der Waals surface area contributed by atoms with Crippen molar-refractivity contribution >= 4 is 40.5 Å². The van der Waals surface area contributed by atoms with E-state index >= 15 is 0 Å². The summed E-state index contributed by atoms with van der Waals surface area (Å²) >= 11 is 2.88. The maximum atomic E-state index is 12.8. The number of halogens is 1. The van der Waals surface area contributed by atoms with Crippen molar-refractivity contribution in [3.05, 3.63) is 45.6 Å². The van der Waals surface area contributed by atoms with Crippen LogP contribution >= 0.6 is 23.1 Å². The number of thiophene rings is 1. The quantitative estimate of drug-likeness (QED) is 0.891. The monoisotopic (exact) mass is 351 g/mol. The van der Waals surface area contributed by atoms with E-state index in [1.54, 1.807) is 12.1 Å². The van der Waals surface area contributed by atoms with Gasteiger partial charge in [0.25, 0.3) is 5.91 Å². The molecule has 0 saturated heterocycles. The number of aliphatic hydroxyl groups is 1. The summed E-state index contributed by atoms with van der Waals surface area (Å²) in [5, 5.41) is 14.1. The standard InChI is InChI=1S/C16H14FNO3S2/c1-16(21,8-17)15(20)18-10-3-2-4-11-12(10)13(19)14-9(7-23-11)5-6-22-14/h2-6,21H,7-8H2,1H3,(H,18,20). The minimum atomic E-state index is -2.13. The lowest BCUT2D eigenvalue weighted by molar-refractivity contribution is -0.133. The van der Waals surface area contributed by atoms with Crippen molar-refractivity contribution < 1.29 is 19.1 Å². The number of benzene rings is 1. The number of thioether (sulfide) groups is 1. The van der Waals surface area contributed by atoms with E-state index in [0.717, 1.165) is 17.4 Å². The molecule has 1 unspecified atom stereocenters. The molecule has 7 heteroatoms. The van der Waals surface area contributed by atoms with Crippen molar-refractivity contribution in [2.45, 2.75) is 23.2 Å². The zero-order valence-electron chi connectivity index (χ0n) is 12.3. The summed E-state index contributed by atoms with van der Waals surface area (Å²) in [6.45, 7) is -0.108. The smallest absolute Gasteiger partial charge is 0.258 e. The number of anilines is 1. The predicted molar refractivity (Wildman–Crippen MR) is 89.0 cm³/mol. The Morgan fingerprint density at radius 3 is 2.96 bits per heavy atom. The minimum absolute atomic E-state index is 0.161. The van der Waals surface area contributed by atoms with E-state index < -0.39 is 18.2 Å². The Hall–Kier alpha value is -1.70. The molecule has 2 aromatic rings. The summed E-state index contributed by atoms with van der Waals surface area (Å²) in [7, 11) is 0. The predicted octanol–water partition coefficient (Wildman–Crippen LogP) is 3.24. The molecule has 1 aromatic carbocycles. The van der Waals surface area contributed by atoms with Gasteiger partial charge in [-0.2, -0.15) is 0 Å². The first-order valence-electron chi connectivity index (χ1n) is 6.90. The van der Waals surface area contributed by atoms with Gasteiger partial charge < -0.3 is 10.4 Å². The molecule has 120 valence electrons. The number of nitrogens with one attached hydrogen (secondary N) is 1. The second kappa shape index (κ2) is 6.07. The molecule has 1 aliphatic heterocycles. The van der Waals surface area contributed by atoms with Gasteiger partial charge in [-0.1, -0.05) is 6.07 Å². The van der Waals surface area contributed by atoms with Crippen LogP contribution in [-0.4, -0.2) is 29.1 Å². The zero-order chi connectivity index (χ0) is 16.6. The van der Waals surface area contributed by atoms with Gasteiger partial charge in [-0.15, -0.1) is 23.1 Å². The van der Waals surface area contributed by atoms with E-state index in [-0.39, 0.29) is 5.78 Å². The molecule has 1 amide bonds. The van der Waals surface area contributed by atoms with Gasteiger partial charge in [-0.05, 0) is 36.1 Å². The number of hydrogen-bond acceptors (Lipinski definition) is 5. The molecule has 0 fully saturated rings. The summed E-state index contributed by atoms with van der Waals surface area (Å²) in [6.07, 6.45) is 0. The van der Waals surface area contributed by atoms with Crippen LogP contribution < -0.4 is 5.32 Å². The van der Waals surface area contributed by atoms with Gasteiger partial charge in [0, 0.05) is 10.6 Å². The van der Waals surface area contributed by atoms with Gasteiger partial charge >= 0.3 is 0 Å². The molecular weight excluding hydrogens is 337 g/mol. The van der Waals surface area contributed by atoms with Crippen LogP contribution in [0.1, 0.15) is 27.7 Å². The summed E-state index contributed by atoms with van der Waals surface area (Å²) in [5.41, 5.74) is -0.478. The molecule has 0 aliphatic carbocycles. The number of ketones is 1. The molecule has 0 radical (unpaired) electrons. The van der Waals surface area contributed by atoms with Crippen LogP contribution in [0, 0.1) is 0 Å². The number of amides is 1. The Balaban J connectivity index is 2.03. The highest BCUT2D eigenvalue weighted by molar-refractivity contribution is 7.98. The highest BCUT2D eigenvalue weighted by Gasteiger charge is 2.32. The van der Waals surface area contributed by atoms with Crippen molar-refractivity contribution in [3.63, 3.8) is 0 Å². The third kappa shape index (κ3) is 2.91. The Bertz CT molecular complexity index is 785. The minimum Gasteiger partial charge on any atom is -0.378 e. The lowest BCUT2D eigenvalue weighted by Crippen LogP contribution is -2.42. The van der Waals surface area contributed by atoms with Gasteiger partial charge in [-0.25, -0.2) is 4.39 Å². The number of alkyl halides is 1. The van der Waals surface area contributed by atoms with Crippen molar-refractivity contribution in [1.82, 2.24) is 0 Å². The first-order valence-corrected chi connectivity index (χ1v) is 8.77. The van der Waals surface area contributed by atoms with E-state index in [9.17, 15) is 19.1 Å². The van der Waals surface area contributed by atoms with Crippen LogP contribution in [-0.2, 0) is 10.5 Å². The van der Waals surface area contributed by atoms with Crippen LogP contribution in [0.5, 0.6) is 0 Å². The average molecular weight is 351 g/mol. The van der Waals surface area contributed by atoms with Gasteiger partial charge in [0.2, 0.25) is 5.78 Å². The fraction of sp³-hybridized carbons (Fsp3) is 0.250. The van der Waals surface area contributed by atoms with E-state index in [2.05, 4.69) is 5.32 Å². The van der Waals surface area contributed by atoms with Crippen molar-refractivity contribution in [2.24, 2.45) is 0 Å². The number of hydrogen-bond donors (Lipinski definition) is 2. The molecule has 2 N–H and O–H groups in total. The molecule has 0 spiro atoms. The zero-order valence-corrected chi connectivity index (χ0v) is 13.9. The highest BCUT2D eigenvalue weighted by atomic mass is 32.2. The third-order valence-electron chi connectivity index (χ3n) is 3.59. The fourth-order valence-corrected chi connectivity index (χ4v) is 4.26. The average Bonchev–Trinajstić information content (AvgIpc) is 2.96. The molecule has 1 aromatic heterocycles. The molecule has 0 saturated carbocycles. The molecule has 23 heavy (non-hydrogen) atoms. The molecule has 1 aliphatic rings. The van der Waals surface area contributed by atoms with Gasteiger partial charge in [0.15, 0.2) is 5.60 Å². The van der Waals surface area contributed by atoms with Crippen LogP contribution in [0.2, 0.25) is 0 Å². The van der Waals surface area contributed by atoms with Crippen molar-refractivity contribution in [3.8, 4) is 0 Å². The van der Waals surface area contributed by atoms with Crippen LogP contribution in [0.15, 0.2) is 34.5 Å². The van der Waals surface area contributed by atoms with Crippen LogP contribution in [0.4, 0.5) is 10.1 Å². The van der Waals surface area contributed by atoms with Gasteiger partial charge in [0.1, 0.15) is 6.67 Å². The summed E-state index contributed by atoms with van der Waals surface area (Å²) in [4.78, 5) is 26.3. The normalized spacial score (nSPS) is 16.0. The summed E-state index contributed by atoms with van der Waals surface area (Å²) in [6, 6.07) is 7.04. The van der Waals surface area contributed by atoms with E-state index in [4.69, 9.17) is 0 Å². The van der Waals surface area contributed by atoms with Gasteiger partial charge in [0.05, 0.1) is 16.1 Å². The van der Waals surface area contributed by atoms with Gasteiger partial charge in [-0.3, -0.25) is 9.59 Å². The molecular formula is C16H14FNO3S2. The molecule has 0 bridgehead atoms. The third-order valence-corrected chi connectivity index (χ3v) is 5.65. The maximum Gasteiger partial charge on any atom is 0.258 e. The van der Waals surface area contributed by atoms with Crippen molar-refractivity contribution in [2.75, 3.05) is 12.0 Å². The SMILES string of the molecule is CC(O)(CF)C(=O)Nc1cccc2c1C(=O)c1sccc1CS2. The number of carbonyl (C=O) groups is 2. The number of fused-ring (bicyclic) bond motifs is 2. The molecule has 2 heterocycles. The van der Waals surface area contributed by atoms with E-state index in [1.807, 2.05) is 17.5 Å². The maximum absolute atomic E-state index is 12.8. The molecule has 4 nitrogen and oxygen atoms in total. The Morgan fingerprint density at radius 1 is 1.43 bits per heavy atom. The highest BCUT2D eigenvalue weighted by Crippen LogP contribution is 2.39. The number of rotatable bonds is 3. The topological polar surface area (TPSA) is 66.4 Å². The Labute approximate surface area is 140 Å². The summed E-state index contributed by atoms with van der Waals surface area (Å²) in [5.74, 6) is -0.357. The lowest BCUT2D eigenvalue weighted by Gasteiger charge is -2.20. The first kappa shape index (κ1) is 16.2. The largest absolute Gasteiger partial charge is 0.378 e. The Morgan fingerprint density at radius 2 is 2.22 bits per heavy atom.